The van der Waals surface area contributed by atoms with Crippen molar-refractivity contribution in [2.24, 2.45) is 0 Å². The van der Waals surface area contributed by atoms with E-state index in [1.54, 1.807) is 20.8 Å². The van der Waals surface area contributed by atoms with Crippen LogP contribution in [-0.2, 0) is 10.2 Å². The van der Waals surface area contributed by atoms with Crippen molar-refractivity contribution in [2.45, 2.75) is 32.6 Å². The summed E-state index contributed by atoms with van der Waals surface area (Å²) in [7, 11) is 0. The second-order valence-electron chi connectivity index (χ2n) is 6.92. The standard InChI is InChI=1S/C21H19F2NO4/c1-4-21(3,20(27)28)18-11(2)24(17-8-6-13(25)10-14(17)18)19(26)12-5-7-15(22)16(23)9-12/h5-10,25H,4H2,1-3H3,(H,27,28)/t21-/m1/s1. The predicted octanol–water partition coefficient (Wildman–Crippen LogP) is 4.37. The van der Waals surface area contributed by atoms with Gasteiger partial charge in [0.25, 0.3) is 5.91 Å². The van der Waals surface area contributed by atoms with Gasteiger partial charge in [-0.25, -0.2) is 8.78 Å². The van der Waals surface area contributed by atoms with E-state index >= 15 is 0 Å². The van der Waals surface area contributed by atoms with Crippen molar-refractivity contribution < 1.29 is 28.6 Å². The number of fused-ring (bicyclic) bond motifs is 1. The molecule has 7 heteroatoms. The number of carbonyl (C=O) groups excluding carboxylic acids is 1. The lowest BCUT2D eigenvalue weighted by molar-refractivity contribution is -0.143. The molecule has 2 N–H and O–H groups in total. The van der Waals surface area contributed by atoms with Gasteiger partial charge < -0.3 is 10.2 Å². The van der Waals surface area contributed by atoms with Crippen LogP contribution in [0.1, 0.15) is 41.9 Å². The van der Waals surface area contributed by atoms with Crippen molar-refractivity contribution in [2.75, 3.05) is 0 Å². The summed E-state index contributed by atoms with van der Waals surface area (Å²) in [6.07, 6.45) is 0.247. The lowest BCUT2D eigenvalue weighted by Crippen LogP contribution is -2.32. The Balaban J connectivity index is 2.35. The number of carbonyl (C=O) groups is 2. The van der Waals surface area contributed by atoms with Crippen LogP contribution in [0.3, 0.4) is 0 Å². The molecule has 3 rings (SSSR count). The number of aliphatic carboxylic acids is 1. The van der Waals surface area contributed by atoms with Crippen LogP contribution >= 0.6 is 0 Å². The molecule has 146 valence electrons. The Hall–Kier alpha value is -3.22. The van der Waals surface area contributed by atoms with E-state index in [1.165, 1.54) is 28.8 Å². The fourth-order valence-corrected chi connectivity index (χ4v) is 3.56. The highest BCUT2D eigenvalue weighted by molar-refractivity contribution is 6.05. The lowest BCUT2D eigenvalue weighted by Gasteiger charge is -2.24. The summed E-state index contributed by atoms with van der Waals surface area (Å²) in [6.45, 7) is 4.87. The van der Waals surface area contributed by atoms with E-state index in [4.69, 9.17) is 0 Å². The van der Waals surface area contributed by atoms with Crippen LogP contribution < -0.4 is 0 Å². The zero-order valence-electron chi connectivity index (χ0n) is 15.6. The number of benzene rings is 2. The van der Waals surface area contributed by atoms with Gasteiger partial charge in [0, 0.05) is 16.6 Å². The number of phenols is 1. The maximum absolute atomic E-state index is 13.6. The predicted molar refractivity (Wildman–Crippen MR) is 99.7 cm³/mol. The third-order valence-corrected chi connectivity index (χ3v) is 5.29. The van der Waals surface area contributed by atoms with Gasteiger partial charge in [0.1, 0.15) is 5.75 Å². The molecule has 1 atom stereocenters. The van der Waals surface area contributed by atoms with E-state index in [9.17, 15) is 28.6 Å². The number of hydrogen-bond acceptors (Lipinski definition) is 3. The summed E-state index contributed by atoms with van der Waals surface area (Å²) in [4.78, 5) is 25.1. The summed E-state index contributed by atoms with van der Waals surface area (Å²) in [5, 5.41) is 20.2. The molecule has 2 aromatic carbocycles. The van der Waals surface area contributed by atoms with Crippen molar-refractivity contribution in [1.82, 2.24) is 4.57 Å². The smallest absolute Gasteiger partial charge is 0.313 e. The molecule has 0 aliphatic carbocycles. The van der Waals surface area contributed by atoms with Crippen LogP contribution in [0.5, 0.6) is 5.75 Å². The van der Waals surface area contributed by atoms with Crippen LogP contribution in [0.25, 0.3) is 10.9 Å². The van der Waals surface area contributed by atoms with Crippen LogP contribution in [-0.4, -0.2) is 26.7 Å². The highest BCUT2D eigenvalue weighted by atomic mass is 19.2. The largest absolute Gasteiger partial charge is 0.508 e. The van der Waals surface area contributed by atoms with Crippen molar-refractivity contribution in [3.05, 3.63) is 64.9 Å². The van der Waals surface area contributed by atoms with E-state index in [1.807, 2.05) is 0 Å². The first-order valence-electron chi connectivity index (χ1n) is 8.69. The third kappa shape index (κ3) is 2.83. The summed E-state index contributed by atoms with van der Waals surface area (Å²) in [5.74, 6) is -3.99. The molecule has 1 aromatic heterocycles. The fourth-order valence-electron chi connectivity index (χ4n) is 3.56. The number of aromatic hydroxyl groups is 1. The van der Waals surface area contributed by atoms with E-state index in [2.05, 4.69) is 0 Å². The van der Waals surface area contributed by atoms with E-state index in [0.717, 1.165) is 12.1 Å². The average Bonchev–Trinajstić information content (AvgIpc) is 2.94. The topological polar surface area (TPSA) is 79.5 Å². The first-order chi connectivity index (χ1) is 13.1. The molecule has 3 aromatic rings. The normalized spacial score (nSPS) is 13.5. The number of carboxylic acids is 1. The number of rotatable bonds is 4. The molecule has 5 nitrogen and oxygen atoms in total. The molecule has 0 bridgehead atoms. The Bertz CT molecular complexity index is 1120. The highest BCUT2D eigenvalue weighted by Crippen LogP contribution is 2.39. The average molecular weight is 387 g/mol. The Labute approximate surface area is 159 Å². The quantitative estimate of drug-likeness (QED) is 0.697. The zero-order valence-corrected chi connectivity index (χ0v) is 15.6. The monoisotopic (exact) mass is 387 g/mol. The van der Waals surface area contributed by atoms with Crippen molar-refractivity contribution in [1.29, 1.82) is 0 Å². The number of hydrogen-bond donors (Lipinski definition) is 2. The van der Waals surface area contributed by atoms with Crippen LogP contribution in [0.2, 0.25) is 0 Å². The minimum Gasteiger partial charge on any atom is -0.508 e. The number of phenolic OH excluding ortho intramolecular Hbond substituents is 1. The van der Waals surface area contributed by atoms with Crippen LogP contribution in [0.15, 0.2) is 36.4 Å². The lowest BCUT2D eigenvalue weighted by atomic mass is 9.78. The van der Waals surface area contributed by atoms with Crippen LogP contribution in [0.4, 0.5) is 8.78 Å². The zero-order chi connectivity index (χ0) is 20.8. The second kappa shape index (κ2) is 6.74. The SMILES string of the molecule is CC[C@@](C)(C(=O)O)c1c(C)n(C(=O)c2ccc(F)c(F)c2)c2ccc(O)cc12. The summed E-state index contributed by atoms with van der Waals surface area (Å²) < 4.78 is 28.2. The van der Waals surface area contributed by atoms with Gasteiger partial charge in [-0.05, 0) is 62.2 Å². The molecular formula is C21H19F2NO4. The molecule has 0 aliphatic rings. The van der Waals surface area contributed by atoms with Gasteiger partial charge in [0.15, 0.2) is 11.6 Å². The van der Waals surface area contributed by atoms with Gasteiger partial charge in [-0.15, -0.1) is 0 Å². The minimum absolute atomic E-state index is 0.0741. The van der Waals surface area contributed by atoms with E-state index in [-0.39, 0.29) is 17.7 Å². The number of aromatic nitrogens is 1. The first-order valence-corrected chi connectivity index (χ1v) is 8.69. The molecule has 0 aliphatic heterocycles. The van der Waals surface area contributed by atoms with Gasteiger partial charge in [-0.3, -0.25) is 14.2 Å². The van der Waals surface area contributed by atoms with Gasteiger partial charge in [0.2, 0.25) is 0 Å². The molecular weight excluding hydrogens is 368 g/mol. The summed E-state index contributed by atoms with van der Waals surface area (Å²) in [6, 6.07) is 7.12. The molecule has 0 fully saturated rings. The first kappa shape index (κ1) is 19.5. The molecule has 1 heterocycles. The van der Waals surface area contributed by atoms with E-state index < -0.39 is 28.9 Å². The fraction of sp³-hybridized carbons (Fsp3) is 0.238. The Morgan fingerprint density at radius 3 is 2.36 bits per heavy atom. The molecule has 0 spiro atoms. The Kier molecular flexibility index (Phi) is 4.71. The maximum atomic E-state index is 13.6. The van der Waals surface area contributed by atoms with Gasteiger partial charge in [-0.2, -0.15) is 0 Å². The minimum atomic E-state index is -1.31. The number of halogens is 2. The van der Waals surface area contributed by atoms with Crippen molar-refractivity contribution in [3.63, 3.8) is 0 Å². The molecule has 0 saturated heterocycles. The van der Waals surface area contributed by atoms with E-state index in [0.29, 0.717) is 22.2 Å². The molecule has 0 radical (unpaired) electrons. The molecule has 0 saturated carbocycles. The Morgan fingerprint density at radius 2 is 1.79 bits per heavy atom. The molecule has 28 heavy (non-hydrogen) atoms. The van der Waals surface area contributed by atoms with Gasteiger partial charge >= 0.3 is 5.97 Å². The van der Waals surface area contributed by atoms with Crippen molar-refractivity contribution >= 4 is 22.8 Å². The molecule has 0 amide bonds. The second-order valence-corrected chi connectivity index (χ2v) is 6.92. The molecule has 0 unspecified atom stereocenters. The summed E-state index contributed by atoms with van der Waals surface area (Å²) >= 11 is 0. The Morgan fingerprint density at radius 1 is 1.11 bits per heavy atom. The van der Waals surface area contributed by atoms with Gasteiger partial charge in [-0.1, -0.05) is 6.92 Å². The summed E-state index contributed by atoms with van der Waals surface area (Å²) in [5.41, 5.74) is -0.255. The number of carboxylic acid groups (broad SMARTS) is 1. The maximum Gasteiger partial charge on any atom is 0.313 e. The number of nitrogens with zero attached hydrogens (tertiary/aromatic N) is 1. The van der Waals surface area contributed by atoms with Crippen LogP contribution in [0, 0.1) is 18.6 Å². The van der Waals surface area contributed by atoms with Gasteiger partial charge in [0.05, 0.1) is 10.9 Å². The third-order valence-electron chi connectivity index (χ3n) is 5.29. The highest BCUT2D eigenvalue weighted by Gasteiger charge is 2.39. The van der Waals surface area contributed by atoms with Crippen molar-refractivity contribution in [3.8, 4) is 5.75 Å².